The zero-order valence-electron chi connectivity index (χ0n) is 14.7. The predicted molar refractivity (Wildman–Crippen MR) is 98.7 cm³/mol. The summed E-state index contributed by atoms with van der Waals surface area (Å²) < 4.78 is 1.78. The molecule has 0 atom stereocenters. The number of carbonyl (C=O) groups is 1. The fraction of sp³-hybridized carbons (Fsp3) is 0.250. The van der Waals surface area contributed by atoms with Gasteiger partial charge in [0.25, 0.3) is 5.91 Å². The molecular weight excluding hydrogens is 312 g/mol. The standard InChI is InChI=1S/C20H22N4O/c1-20(2,3)17-8-6-15(7-9-17)14-24-18(10-12-22-24)23-19(25)16-5-4-11-21-13-16/h4-13H,14H2,1-3H3,(H,23,25). The summed E-state index contributed by atoms with van der Waals surface area (Å²) in [5.74, 6) is 0.465. The van der Waals surface area contributed by atoms with Crippen LogP contribution in [-0.2, 0) is 12.0 Å². The highest BCUT2D eigenvalue weighted by Crippen LogP contribution is 2.22. The number of nitrogens with one attached hydrogen (secondary N) is 1. The molecule has 3 aromatic rings. The molecular formula is C20H22N4O. The minimum absolute atomic E-state index is 0.132. The Labute approximate surface area is 147 Å². The fourth-order valence-electron chi connectivity index (χ4n) is 2.53. The molecule has 0 aliphatic rings. The van der Waals surface area contributed by atoms with Crippen molar-refractivity contribution in [3.8, 4) is 0 Å². The van der Waals surface area contributed by atoms with Crippen molar-refractivity contribution in [3.63, 3.8) is 0 Å². The molecule has 128 valence electrons. The lowest BCUT2D eigenvalue weighted by molar-refractivity contribution is 0.102. The van der Waals surface area contributed by atoms with E-state index >= 15 is 0 Å². The van der Waals surface area contributed by atoms with Crippen molar-refractivity contribution < 1.29 is 4.79 Å². The molecule has 2 aromatic heterocycles. The van der Waals surface area contributed by atoms with Crippen LogP contribution in [0.1, 0.15) is 42.3 Å². The van der Waals surface area contributed by atoms with Crippen molar-refractivity contribution in [2.75, 3.05) is 5.32 Å². The summed E-state index contributed by atoms with van der Waals surface area (Å²) in [5.41, 5.74) is 3.08. The number of hydrogen-bond donors (Lipinski definition) is 1. The highest BCUT2D eigenvalue weighted by Gasteiger charge is 2.13. The van der Waals surface area contributed by atoms with Crippen LogP contribution in [0.4, 0.5) is 5.82 Å². The van der Waals surface area contributed by atoms with Gasteiger partial charge in [0.1, 0.15) is 5.82 Å². The van der Waals surface area contributed by atoms with Crippen molar-refractivity contribution >= 4 is 11.7 Å². The number of amides is 1. The first-order valence-electron chi connectivity index (χ1n) is 8.26. The van der Waals surface area contributed by atoms with Gasteiger partial charge in [-0.2, -0.15) is 5.10 Å². The predicted octanol–water partition coefficient (Wildman–Crippen LogP) is 3.88. The van der Waals surface area contributed by atoms with Crippen LogP contribution in [0.2, 0.25) is 0 Å². The van der Waals surface area contributed by atoms with Crippen LogP contribution in [0.3, 0.4) is 0 Å². The van der Waals surface area contributed by atoms with Crippen LogP contribution in [-0.4, -0.2) is 20.7 Å². The second kappa shape index (κ2) is 6.89. The van der Waals surface area contributed by atoms with Crippen molar-refractivity contribution in [1.82, 2.24) is 14.8 Å². The van der Waals surface area contributed by atoms with Gasteiger partial charge in [0.2, 0.25) is 0 Å². The lowest BCUT2D eigenvalue weighted by Gasteiger charge is -2.19. The summed E-state index contributed by atoms with van der Waals surface area (Å²) >= 11 is 0. The fourth-order valence-corrected chi connectivity index (χ4v) is 2.53. The van der Waals surface area contributed by atoms with Crippen molar-refractivity contribution in [2.24, 2.45) is 0 Å². The first-order valence-corrected chi connectivity index (χ1v) is 8.26. The Morgan fingerprint density at radius 3 is 2.48 bits per heavy atom. The summed E-state index contributed by atoms with van der Waals surface area (Å²) in [6.07, 6.45) is 4.87. The van der Waals surface area contributed by atoms with Gasteiger partial charge in [0, 0.05) is 18.5 Å². The number of hydrogen-bond acceptors (Lipinski definition) is 3. The number of benzene rings is 1. The van der Waals surface area contributed by atoms with Crippen LogP contribution in [0.15, 0.2) is 61.1 Å². The molecule has 1 aromatic carbocycles. The number of aromatic nitrogens is 3. The maximum atomic E-state index is 12.3. The minimum atomic E-state index is -0.196. The maximum absolute atomic E-state index is 12.3. The molecule has 0 bridgehead atoms. The van der Waals surface area contributed by atoms with Crippen molar-refractivity contribution in [3.05, 3.63) is 77.7 Å². The second-order valence-corrected chi connectivity index (χ2v) is 7.02. The van der Waals surface area contributed by atoms with E-state index in [2.05, 4.69) is 60.4 Å². The number of nitrogens with zero attached hydrogens (tertiary/aromatic N) is 3. The summed E-state index contributed by atoms with van der Waals surface area (Å²) in [5, 5.41) is 7.20. The molecule has 3 rings (SSSR count). The molecule has 1 N–H and O–H groups in total. The number of carbonyl (C=O) groups excluding carboxylic acids is 1. The first-order chi connectivity index (χ1) is 11.9. The topological polar surface area (TPSA) is 59.8 Å². The Morgan fingerprint density at radius 1 is 1.08 bits per heavy atom. The van der Waals surface area contributed by atoms with Gasteiger partial charge in [-0.15, -0.1) is 0 Å². The van der Waals surface area contributed by atoms with Gasteiger partial charge in [0.05, 0.1) is 18.3 Å². The van der Waals surface area contributed by atoms with Gasteiger partial charge in [-0.05, 0) is 28.7 Å². The summed E-state index contributed by atoms with van der Waals surface area (Å²) in [6.45, 7) is 7.19. The zero-order valence-corrected chi connectivity index (χ0v) is 14.7. The van der Waals surface area contributed by atoms with Gasteiger partial charge in [-0.1, -0.05) is 45.0 Å². The molecule has 0 saturated carbocycles. The van der Waals surface area contributed by atoms with E-state index in [1.54, 1.807) is 41.5 Å². The number of rotatable bonds is 4. The van der Waals surface area contributed by atoms with Gasteiger partial charge in [-0.3, -0.25) is 9.78 Å². The van der Waals surface area contributed by atoms with Crippen LogP contribution in [0.25, 0.3) is 0 Å². The molecule has 0 unspecified atom stereocenters. The monoisotopic (exact) mass is 334 g/mol. The average molecular weight is 334 g/mol. The molecule has 0 aliphatic carbocycles. The van der Waals surface area contributed by atoms with Gasteiger partial charge in [0.15, 0.2) is 0 Å². The average Bonchev–Trinajstić information content (AvgIpc) is 3.02. The van der Waals surface area contributed by atoms with Gasteiger partial charge in [-0.25, -0.2) is 4.68 Å². The first kappa shape index (κ1) is 16.9. The molecule has 0 spiro atoms. The van der Waals surface area contributed by atoms with Crippen LogP contribution >= 0.6 is 0 Å². The molecule has 25 heavy (non-hydrogen) atoms. The van der Waals surface area contributed by atoms with Crippen molar-refractivity contribution in [1.29, 1.82) is 0 Å². The third-order valence-electron chi connectivity index (χ3n) is 4.03. The summed E-state index contributed by atoms with van der Waals surface area (Å²) in [6, 6.07) is 13.8. The highest BCUT2D eigenvalue weighted by molar-refractivity contribution is 6.03. The van der Waals surface area contributed by atoms with E-state index in [9.17, 15) is 4.79 Å². The van der Waals surface area contributed by atoms with Crippen molar-refractivity contribution in [2.45, 2.75) is 32.7 Å². The van der Waals surface area contributed by atoms with Crippen LogP contribution in [0, 0.1) is 0 Å². The molecule has 0 radical (unpaired) electrons. The van der Waals surface area contributed by atoms with E-state index < -0.39 is 0 Å². The molecule has 0 saturated heterocycles. The summed E-state index contributed by atoms with van der Waals surface area (Å²) in [4.78, 5) is 16.2. The lowest BCUT2D eigenvalue weighted by Crippen LogP contribution is -2.16. The van der Waals surface area contributed by atoms with E-state index in [1.807, 2.05) is 0 Å². The molecule has 0 aliphatic heterocycles. The maximum Gasteiger partial charge on any atom is 0.258 e. The largest absolute Gasteiger partial charge is 0.307 e. The smallest absolute Gasteiger partial charge is 0.258 e. The Hall–Kier alpha value is -2.95. The van der Waals surface area contributed by atoms with E-state index in [-0.39, 0.29) is 11.3 Å². The highest BCUT2D eigenvalue weighted by atomic mass is 16.1. The Kier molecular flexibility index (Phi) is 4.65. The minimum Gasteiger partial charge on any atom is -0.307 e. The molecule has 5 nitrogen and oxygen atoms in total. The van der Waals surface area contributed by atoms with Crippen LogP contribution < -0.4 is 5.32 Å². The Bertz CT molecular complexity index is 845. The molecule has 5 heteroatoms. The SMILES string of the molecule is CC(C)(C)c1ccc(Cn2nccc2NC(=O)c2cccnc2)cc1. The van der Waals surface area contributed by atoms with E-state index in [1.165, 1.54) is 5.56 Å². The molecule has 2 heterocycles. The van der Waals surface area contributed by atoms with Gasteiger partial charge >= 0.3 is 0 Å². The molecule has 1 amide bonds. The Balaban J connectivity index is 1.73. The second-order valence-electron chi connectivity index (χ2n) is 7.02. The van der Waals surface area contributed by atoms with E-state index in [0.717, 1.165) is 5.56 Å². The number of anilines is 1. The normalized spacial score (nSPS) is 11.3. The zero-order chi connectivity index (χ0) is 17.9. The van der Waals surface area contributed by atoms with Gasteiger partial charge < -0.3 is 5.32 Å². The molecule has 0 fully saturated rings. The van der Waals surface area contributed by atoms with E-state index in [4.69, 9.17) is 0 Å². The van der Waals surface area contributed by atoms with Crippen LogP contribution in [0.5, 0.6) is 0 Å². The van der Waals surface area contributed by atoms with E-state index in [0.29, 0.717) is 17.9 Å². The Morgan fingerprint density at radius 2 is 1.84 bits per heavy atom. The number of pyridine rings is 1. The third kappa shape index (κ3) is 4.12. The summed E-state index contributed by atoms with van der Waals surface area (Å²) in [7, 11) is 0. The quantitative estimate of drug-likeness (QED) is 0.788. The third-order valence-corrected chi connectivity index (χ3v) is 4.03. The lowest BCUT2D eigenvalue weighted by atomic mass is 9.87.